The molecule has 0 radical (unpaired) electrons. The van der Waals surface area contributed by atoms with Crippen molar-refractivity contribution in [3.05, 3.63) is 58.9 Å². The van der Waals surface area contributed by atoms with Gasteiger partial charge in [0, 0.05) is 14.1 Å². The number of aromatic nitrogens is 5. The Morgan fingerprint density at radius 2 is 1.88 bits per heavy atom. The molecule has 7 heteroatoms. The SMILES string of the molecule is Cn1ncnc1CSc1nc2cc3ccccc3cc2c(=O)n1C. The van der Waals surface area contributed by atoms with Crippen molar-refractivity contribution in [2.24, 2.45) is 14.1 Å². The van der Waals surface area contributed by atoms with E-state index in [1.807, 2.05) is 43.4 Å². The monoisotopic (exact) mass is 337 g/mol. The molecule has 0 aliphatic heterocycles. The van der Waals surface area contributed by atoms with Crippen molar-refractivity contribution in [1.29, 1.82) is 0 Å². The minimum atomic E-state index is -0.0359. The van der Waals surface area contributed by atoms with Crippen molar-refractivity contribution in [2.75, 3.05) is 0 Å². The van der Waals surface area contributed by atoms with Gasteiger partial charge in [0.25, 0.3) is 5.56 Å². The molecule has 0 bridgehead atoms. The Kier molecular flexibility index (Phi) is 3.57. The van der Waals surface area contributed by atoms with E-state index >= 15 is 0 Å². The summed E-state index contributed by atoms with van der Waals surface area (Å²) in [5, 5.41) is 7.49. The Bertz CT molecular complexity index is 1120. The topological polar surface area (TPSA) is 65.6 Å². The van der Waals surface area contributed by atoms with Gasteiger partial charge in [-0.2, -0.15) is 5.10 Å². The maximum atomic E-state index is 12.7. The van der Waals surface area contributed by atoms with Gasteiger partial charge in [-0.25, -0.2) is 9.97 Å². The molecule has 0 unspecified atom stereocenters. The van der Waals surface area contributed by atoms with Gasteiger partial charge in [-0.1, -0.05) is 36.0 Å². The zero-order valence-electron chi connectivity index (χ0n) is 13.3. The maximum Gasteiger partial charge on any atom is 0.261 e. The number of benzene rings is 2. The largest absolute Gasteiger partial charge is 0.290 e. The van der Waals surface area contributed by atoms with Crippen LogP contribution in [0.4, 0.5) is 0 Å². The molecule has 0 spiro atoms. The van der Waals surface area contributed by atoms with E-state index in [-0.39, 0.29) is 5.56 Å². The Morgan fingerprint density at radius 1 is 1.12 bits per heavy atom. The van der Waals surface area contributed by atoms with Crippen molar-refractivity contribution in [3.8, 4) is 0 Å². The predicted octanol–water partition coefficient (Wildman–Crippen LogP) is 2.51. The fourth-order valence-electron chi connectivity index (χ4n) is 2.65. The van der Waals surface area contributed by atoms with E-state index < -0.39 is 0 Å². The van der Waals surface area contributed by atoms with Gasteiger partial charge in [0.1, 0.15) is 12.2 Å². The Balaban J connectivity index is 1.81. The van der Waals surface area contributed by atoms with Crippen molar-refractivity contribution in [1.82, 2.24) is 24.3 Å². The van der Waals surface area contributed by atoms with Gasteiger partial charge in [0.2, 0.25) is 0 Å². The van der Waals surface area contributed by atoms with Gasteiger partial charge in [-0.3, -0.25) is 14.0 Å². The molecule has 0 saturated heterocycles. The van der Waals surface area contributed by atoms with Crippen LogP contribution in [-0.4, -0.2) is 24.3 Å². The molecular weight excluding hydrogens is 322 g/mol. The summed E-state index contributed by atoms with van der Waals surface area (Å²) in [6.45, 7) is 0. The first kappa shape index (κ1) is 14.9. The van der Waals surface area contributed by atoms with E-state index in [4.69, 9.17) is 0 Å². The fourth-order valence-corrected chi connectivity index (χ4v) is 3.61. The lowest BCUT2D eigenvalue weighted by molar-refractivity contribution is 0.716. The number of nitrogens with zero attached hydrogens (tertiary/aromatic N) is 5. The molecule has 0 aliphatic rings. The van der Waals surface area contributed by atoms with Crippen LogP contribution in [0.15, 0.2) is 52.7 Å². The van der Waals surface area contributed by atoms with Gasteiger partial charge in [-0.15, -0.1) is 0 Å². The van der Waals surface area contributed by atoms with Gasteiger partial charge < -0.3 is 0 Å². The summed E-state index contributed by atoms with van der Waals surface area (Å²) >= 11 is 1.48. The average Bonchev–Trinajstić information content (AvgIpc) is 3.00. The molecule has 0 fully saturated rings. The molecule has 0 atom stereocenters. The highest BCUT2D eigenvalue weighted by atomic mass is 32.2. The summed E-state index contributed by atoms with van der Waals surface area (Å²) in [5.41, 5.74) is 0.684. The summed E-state index contributed by atoms with van der Waals surface area (Å²) in [4.78, 5) is 21.6. The third kappa shape index (κ3) is 2.46. The van der Waals surface area contributed by atoms with Crippen LogP contribution in [0.1, 0.15) is 5.82 Å². The molecule has 6 nitrogen and oxygen atoms in total. The van der Waals surface area contributed by atoms with Crippen LogP contribution in [-0.2, 0) is 19.8 Å². The quantitative estimate of drug-likeness (QED) is 0.326. The van der Waals surface area contributed by atoms with Crippen LogP contribution in [0.2, 0.25) is 0 Å². The summed E-state index contributed by atoms with van der Waals surface area (Å²) in [7, 11) is 3.60. The van der Waals surface area contributed by atoms with Crippen LogP contribution in [0.25, 0.3) is 21.7 Å². The molecule has 4 aromatic rings. The zero-order chi connectivity index (χ0) is 16.7. The number of rotatable bonds is 3. The molecule has 0 N–H and O–H groups in total. The van der Waals surface area contributed by atoms with Crippen LogP contribution in [0.5, 0.6) is 0 Å². The third-order valence-corrected chi connectivity index (χ3v) is 5.06. The summed E-state index contributed by atoms with van der Waals surface area (Å²) in [6, 6.07) is 11.9. The highest BCUT2D eigenvalue weighted by Gasteiger charge is 2.11. The van der Waals surface area contributed by atoms with Crippen molar-refractivity contribution < 1.29 is 0 Å². The Morgan fingerprint density at radius 3 is 2.58 bits per heavy atom. The molecule has 24 heavy (non-hydrogen) atoms. The standard InChI is InChI=1S/C17H15N5OS/c1-21-16(23)13-7-11-5-3-4-6-12(11)8-14(13)20-17(21)24-9-15-18-10-19-22(15)2/h3-8,10H,9H2,1-2H3. The van der Waals surface area contributed by atoms with Gasteiger partial charge in [-0.05, 0) is 22.9 Å². The maximum absolute atomic E-state index is 12.7. The first-order valence-electron chi connectivity index (χ1n) is 7.48. The van der Waals surface area contributed by atoms with Crippen molar-refractivity contribution >= 4 is 33.4 Å². The Hall–Kier alpha value is -2.67. The van der Waals surface area contributed by atoms with Gasteiger partial charge in [0.05, 0.1) is 16.7 Å². The van der Waals surface area contributed by atoms with E-state index in [1.165, 1.54) is 18.1 Å². The van der Waals surface area contributed by atoms with E-state index in [2.05, 4.69) is 15.1 Å². The van der Waals surface area contributed by atoms with Crippen molar-refractivity contribution in [3.63, 3.8) is 0 Å². The summed E-state index contributed by atoms with van der Waals surface area (Å²) < 4.78 is 3.32. The van der Waals surface area contributed by atoms with Crippen molar-refractivity contribution in [2.45, 2.75) is 10.9 Å². The molecule has 2 heterocycles. The van der Waals surface area contributed by atoms with Gasteiger partial charge in [0.15, 0.2) is 5.16 Å². The predicted molar refractivity (Wildman–Crippen MR) is 95.1 cm³/mol. The zero-order valence-corrected chi connectivity index (χ0v) is 14.1. The highest BCUT2D eigenvalue weighted by Crippen LogP contribution is 2.23. The molecule has 4 rings (SSSR count). The molecule has 2 aromatic heterocycles. The number of hydrogen-bond donors (Lipinski definition) is 0. The normalized spacial score (nSPS) is 11.4. The van der Waals surface area contributed by atoms with E-state index in [9.17, 15) is 4.79 Å². The molecular formula is C17H15N5OS. The second-order valence-corrected chi connectivity index (χ2v) is 6.51. The second-order valence-electron chi connectivity index (χ2n) is 5.56. The van der Waals surface area contributed by atoms with Gasteiger partial charge >= 0.3 is 0 Å². The number of fused-ring (bicyclic) bond motifs is 2. The molecule has 2 aromatic carbocycles. The number of hydrogen-bond acceptors (Lipinski definition) is 5. The molecule has 0 saturated carbocycles. The smallest absolute Gasteiger partial charge is 0.261 e. The summed E-state index contributed by atoms with van der Waals surface area (Å²) in [5.74, 6) is 1.45. The first-order chi connectivity index (χ1) is 11.6. The number of aryl methyl sites for hydroxylation is 1. The van der Waals surface area contributed by atoms with Crippen LogP contribution in [0.3, 0.4) is 0 Å². The first-order valence-corrected chi connectivity index (χ1v) is 8.47. The molecule has 0 aliphatic carbocycles. The molecule has 0 amide bonds. The van der Waals surface area contributed by atoms with E-state index in [0.717, 1.165) is 22.1 Å². The average molecular weight is 337 g/mol. The van der Waals surface area contributed by atoms with E-state index in [1.54, 1.807) is 16.3 Å². The molecule has 120 valence electrons. The van der Waals surface area contributed by atoms with Crippen LogP contribution >= 0.6 is 11.8 Å². The van der Waals surface area contributed by atoms with Crippen LogP contribution in [0, 0.1) is 0 Å². The van der Waals surface area contributed by atoms with Crippen LogP contribution < -0.4 is 5.56 Å². The Labute approximate surface area is 142 Å². The number of thioether (sulfide) groups is 1. The lowest BCUT2D eigenvalue weighted by Crippen LogP contribution is -2.20. The fraction of sp³-hybridized carbons (Fsp3) is 0.176. The summed E-state index contributed by atoms with van der Waals surface area (Å²) in [6.07, 6.45) is 1.52. The lowest BCUT2D eigenvalue weighted by atomic mass is 10.1. The lowest BCUT2D eigenvalue weighted by Gasteiger charge is -2.09. The second kappa shape index (κ2) is 5.76. The third-order valence-electron chi connectivity index (χ3n) is 4.04. The minimum Gasteiger partial charge on any atom is -0.290 e. The highest BCUT2D eigenvalue weighted by molar-refractivity contribution is 7.98. The van der Waals surface area contributed by atoms with E-state index in [0.29, 0.717) is 16.3 Å². The minimum absolute atomic E-state index is 0.0359.